The topological polar surface area (TPSA) is 50.7 Å². The standard InChI is InChI=1S/C23H25NO3/c1-6-7-17-20-14(21-18(27-17)11-10-16(25)22(21)26-5)8-9-15-19(20)13(2)12-23(3,4)24-15/h6-12,17,24-25H,1-5H3. The molecule has 4 rings (SSSR count). The molecule has 2 aliphatic heterocycles. The average Bonchev–Trinajstić information content (AvgIpc) is 2.60. The number of rotatable bonds is 2. The number of allylic oxidation sites excluding steroid dienone is 2. The molecule has 1 atom stereocenters. The van der Waals surface area contributed by atoms with E-state index in [-0.39, 0.29) is 17.4 Å². The van der Waals surface area contributed by atoms with Crippen molar-refractivity contribution in [2.24, 2.45) is 0 Å². The van der Waals surface area contributed by atoms with E-state index in [1.54, 1.807) is 19.2 Å². The van der Waals surface area contributed by atoms with Crippen LogP contribution in [0.4, 0.5) is 5.69 Å². The molecule has 2 N–H and O–H groups in total. The molecule has 0 amide bonds. The molecule has 0 saturated heterocycles. The smallest absolute Gasteiger partial charge is 0.172 e. The highest BCUT2D eigenvalue weighted by Gasteiger charge is 2.34. The lowest BCUT2D eigenvalue weighted by Gasteiger charge is -2.36. The molecule has 140 valence electrons. The van der Waals surface area contributed by atoms with Crippen LogP contribution in [-0.2, 0) is 0 Å². The number of benzene rings is 2. The van der Waals surface area contributed by atoms with Crippen LogP contribution in [0.5, 0.6) is 17.2 Å². The second-order valence-electron chi connectivity index (χ2n) is 7.68. The van der Waals surface area contributed by atoms with Crippen molar-refractivity contribution < 1.29 is 14.6 Å². The summed E-state index contributed by atoms with van der Waals surface area (Å²) in [5.41, 5.74) is 6.29. The van der Waals surface area contributed by atoms with Crippen LogP contribution in [0.2, 0.25) is 0 Å². The van der Waals surface area contributed by atoms with Gasteiger partial charge in [-0.05, 0) is 63.1 Å². The van der Waals surface area contributed by atoms with Crippen LogP contribution < -0.4 is 14.8 Å². The van der Waals surface area contributed by atoms with Gasteiger partial charge in [-0.3, -0.25) is 0 Å². The maximum Gasteiger partial charge on any atom is 0.172 e. The van der Waals surface area contributed by atoms with E-state index in [1.807, 2.05) is 13.0 Å². The highest BCUT2D eigenvalue weighted by atomic mass is 16.5. The molecule has 0 spiro atoms. The van der Waals surface area contributed by atoms with E-state index in [0.717, 1.165) is 27.9 Å². The number of phenolic OH excluding ortho intramolecular Hbond substituents is 1. The Hall–Kier alpha value is -2.88. The first-order valence-corrected chi connectivity index (χ1v) is 9.21. The fraction of sp³-hybridized carbons (Fsp3) is 0.304. The highest BCUT2D eigenvalue weighted by molar-refractivity contribution is 5.92. The fourth-order valence-corrected chi connectivity index (χ4v) is 4.28. The molecule has 27 heavy (non-hydrogen) atoms. The van der Waals surface area contributed by atoms with E-state index < -0.39 is 0 Å². The van der Waals surface area contributed by atoms with Crippen LogP contribution in [0, 0.1) is 0 Å². The minimum Gasteiger partial charge on any atom is -0.504 e. The van der Waals surface area contributed by atoms with Gasteiger partial charge in [0.25, 0.3) is 0 Å². The lowest BCUT2D eigenvalue weighted by Crippen LogP contribution is -2.32. The van der Waals surface area contributed by atoms with Crippen LogP contribution in [0.1, 0.15) is 44.9 Å². The van der Waals surface area contributed by atoms with Crippen molar-refractivity contribution in [3.05, 3.63) is 53.6 Å². The second-order valence-corrected chi connectivity index (χ2v) is 7.68. The van der Waals surface area contributed by atoms with E-state index in [4.69, 9.17) is 9.47 Å². The van der Waals surface area contributed by atoms with Gasteiger partial charge in [-0.25, -0.2) is 0 Å². The first kappa shape index (κ1) is 17.5. The minimum absolute atomic E-state index is 0.106. The second kappa shape index (κ2) is 6.08. The molecule has 1 unspecified atom stereocenters. The summed E-state index contributed by atoms with van der Waals surface area (Å²) < 4.78 is 11.9. The number of aromatic hydroxyl groups is 1. The van der Waals surface area contributed by atoms with Gasteiger partial charge in [0, 0.05) is 16.8 Å². The van der Waals surface area contributed by atoms with E-state index in [1.165, 1.54) is 5.57 Å². The lowest BCUT2D eigenvalue weighted by molar-refractivity contribution is 0.248. The zero-order valence-corrected chi connectivity index (χ0v) is 16.4. The Morgan fingerprint density at radius 2 is 1.96 bits per heavy atom. The Morgan fingerprint density at radius 1 is 1.19 bits per heavy atom. The van der Waals surface area contributed by atoms with Crippen LogP contribution in [0.25, 0.3) is 16.7 Å². The van der Waals surface area contributed by atoms with Gasteiger partial charge in [0.15, 0.2) is 11.5 Å². The number of methoxy groups -OCH3 is 1. The first-order valence-electron chi connectivity index (χ1n) is 9.21. The van der Waals surface area contributed by atoms with Crippen molar-refractivity contribution in [2.75, 3.05) is 12.4 Å². The van der Waals surface area contributed by atoms with Crippen LogP contribution in [0.15, 0.2) is 42.5 Å². The summed E-state index contributed by atoms with van der Waals surface area (Å²) in [7, 11) is 1.57. The molecule has 0 aromatic heterocycles. The molecule has 2 heterocycles. The molecule has 4 nitrogen and oxygen atoms in total. The summed E-state index contributed by atoms with van der Waals surface area (Å²) in [5, 5.41) is 13.9. The zero-order valence-electron chi connectivity index (χ0n) is 16.4. The maximum atomic E-state index is 10.3. The largest absolute Gasteiger partial charge is 0.504 e. The molecule has 0 aliphatic carbocycles. The summed E-state index contributed by atoms with van der Waals surface area (Å²) in [5.74, 6) is 1.27. The van der Waals surface area contributed by atoms with Crippen LogP contribution in [-0.4, -0.2) is 17.8 Å². The Kier molecular flexibility index (Phi) is 3.95. The minimum atomic E-state index is -0.201. The molecular weight excluding hydrogens is 338 g/mol. The molecule has 4 heteroatoms. The Bertz CT molecular complexity index is 986. The van der Waals surface area contributed by atoms with Crippen molar-refractivity contribution in [2.45, 2.75) is 39.3 Å². The normalized spacial score (nSPS) is 19.3. The maximum absolute atomic E-state index is 10.3. The third-order valence-electron chi connectivity index (χ3n) is 5.15. The molecule has 2 aromatic rings. The van der Waals surface area contributed by atoms with Crippen molar-refractivity contribution in [3.8, 4) is 28.4 Å². The molecule has 0 bridgehead atoms. The summed E-state index contributed by atoms with van der Waals surface area (Å²) in [4.78, 5) is 0. The molecule has 2 aliphatic rings. The summed E-state index contributed by atoms with van der Waals surface area (Å²) in [6.07, 6.45) is 6.12. The van der Waals surface area contributed by atoms with Gasteiger partial charge in [-0.15, -0.1) is 0 Å². The van der Waals surface area contributed by atoms with Crippen LogP contribution >= 0.6 is 0 Å². The molecule has 0 fully saturated rings. The van der Waals surface area contributed by atoms with E-state index >= 15 is 0 Å². The third kappa shape index (κ3) is 2.67. The van der Waals surface area contributed by atoms with Gasteiger partial charge in [-0.1, -0.05) is 18.2 Å². The number of hydrogen-bond donors (Lipinski definition) is 2. The van der Waals surface area contributed by atoms with Crippen molar-refractivity contribution in [3.63, 3.8) is 0 Å². The Labute approximate surface area is 160 Å². The van der Waals surface area contributed by atoms with E-state index in [0.29, 0.717) is 11.5 Å². The Balaban J connectivity index is 2.06. The highest BCUT2D eigenvalue weighted by Crippen LogP contribution is 2.54. The van der Waals surface area contributed by atoms with Gasteiger partial charge in [0.05, 0.1) is 18.2 Å². The summed E-state index contributed by atoms with van der Waals surface area (Å²) >= 11 is 0. The third-order valence-corrected chi connectivity index (χ3v) is 5.15. The quantitative estimate of drug-likeness (QED) is 0.674. The predicted molar refractivity (Wildman–Crippen MR) is 110 cm³/mol. The average molecular weight is 363 g/mol. The van der Waals surface area contributed by atoms with E-state index in [2.05, 4.69) is 50.4 Å². The predicted octanol–water partition coefficient (Wildman–Crippen LogP) is 5.68. The number of ether oxygens (including phenoxy) is 2. The van der Waals surface area contributed by atoms with Gasteiger partial charge in [0.2, 0.25) is 0 Å². The Morgan fingerprint density at radius 3 is 2.67 bits per heavy atom. The fourth-order valence-electron chi connectivity index (χ4n) is 4.28. The first-order chi connectivity index (χ1) is 12.9. The van der Waals surface area contributed by atoms with Gasteiger partial charge >= 0.3 is 0 Å². The molecular formula is C23H25NO3. The van der Waals surface area contributed by atoms with Gasteiger partial charge in [-0.2, -0.15) is 0 Å². The molecule has 2 aromatic carbocycles. The van der Waals surface area contributed by atoms with Crippen molar-refractivity contribution in [1.29, 1.82) is 0 Å². The van der Waals surface area contributed by atoms with Crippen molar-refractivity contribution >= 4 is 11.3 Å². The van der Waals surface area contributed by atoms with Crippen LogP contribution in [0.3, 0.4) is 0 Å². The zero-order chi connectivity index (χ0) is 19.3. The SMILES string of the molecule is CC=CC1Oc2ccc(O)c(OC)c2-c2ccc3c(c21)C(C)=CC(C)(C)N3. The summed E-state index contributed by atoms with van der Waals surface area (Å²) in [6.45, 7) is 8.46. The number of anilines is 1. The number of phenols is 1. The van der Waals surface area contributed by atoms with Crippen molar-refractivity contribution in [1.82, 2.24) is 0 Å². The molecule has 0 saturated carbocycles. The molecule has 0 radical (unpaired) electrons. The number of hydrogen-bond acceptors (Lipinski definition) is 4. The van der Waals surface area contributed by atoms with Gasteiger partial charge < -0.3 is 19.9 Å². The van der Waals surface area contributed by atoms with E-state index in [9.17, 15) is 5.11 Å². The lowest BCUT2D eigenvalue weighted by atomic mass is 9.81. The number of fused-ring (bicyclic) bond motifs is 5. The monoisotopic (exact) mass is 363 g/mol. The number of nitrogens with one attached hydrogen (secondary N) is 1. The summed E-state index contributed by atoms with van der Waals surface area (Å²) in [6, 6.07) is 7.62. The van der Waals surface area contributed by atoms with Gasteiger partial charge in [0.1, 0.15) is 11.9 Å².